The van der Waals surface area contributed by atoms with Gasteiger partial charge < -0.3 is 20.4 Å². The Bertz CT molecular complexity index is 503. The fraction of sp³-hybridized carbons (Fsp3) is 0.0714. The second kappa shape index (κ2) is 10.00. The van der Waals surface area contributed by atoms with Crippen molar-refractivity contribution in [1.29, 1.82) is 0 Å². The average molecular weight is 283 g/mol. The Morgan fingerprint density at radius 2 is 1.58 bits per heavy atom. The molecule has 19 heavy (non-hydrogen) atoms. The van der Waals surface area contributed by atoms with Gasteiger partial charge in [0.15, 0.2) is 0 Å². The predicted octanol–water partition coefficient (Wildman–Crippen LogP) is -1.67. The molecule has 4 nitrogen and oxygen atoms in total. The second-order valence-corrected chi connectivity index (χ2v) is 3.40. The van der Waals surface area contributed by atoms with Crippen molar-refractivity contribution in [2.24, 2.45) is 0 Å². The van der Waals surface area contributed by atoms with Crippen LogP contribution in [0.25, 0.3) is 0 Å². The van der Waals surface area contributed by atoms with Gasteiger partial charge >= 0.3 is 51.4 Å². The minimum atomic E-state index is -1.13. The quantitative estimate of drug-likeness (QED) is 0.528. The summed E-state index contributed by atoms with van der Waals surface area (Å²) in [6, 6.07) is 15.5. The Kier molecular flexibility index (Phi) is 9.55. The van der Waals surface area contributed by atoms with Gasteiger partial charge in [-0.05, 0) is 17.7 Å². The van der Waals surface area contributed by atoms with Crippen LogP contribution in [0.1, 0.15) is 10.4 Å². The number of anilines is 1. The Morgan fingerprint density at radius 3 is 1.95 bits per heavy atom. The average Bonchev–Trinajstić information content (AvgIpc) is 2.41. The Labute approximate surface area is 155 Å². The fourth-order valence-electron chi connectivity index (χ4n) is 1.24. The number of hydrogen-bond donors (Lipinski definition) is 1. The molecular weight excluding hydrogens is 269 g/mol. The third-order valence-corrected chi connectivity index (χ3v) is 2.15. The summed E-state index contributed by atoms with van der Waals surface area (Å²) >= 11 is 0. The van der Waals surface area contributed by atoms with E-state index in [9.17, 15) is 9.90 Å². The van der Waals surface area contributed by atoms with Gasteiger partial charge in [-0.1, -0.05) is 42.5 Å². The van der Waals surface area contributed by atoms with Crippen LogP contribution in [-0.4, -0.2) is 13.1 Å². The molecule has 94 valence electrons. The van der Waals surface area contributed by atoms with E-state index >= 15 is 0 Å². The fourth-order valence-corrected chi connectivity index (χ4v) is 1.24. The maximum absolute atomic E-state index is 10.1. The molecule has 0 unspecified atom stereocenters. The summed E-state index contributed by atoms with van der Waals surface area (Å²) in [6.45, 7) is 0. The van der Waals surface area contributed by atoms with Gasteiger partial charge in [0, 0.05) is 0 Å². The van der Waals surface area contributed by atoms with E-state index in [-0.39, 0.29) is 56.9 Å². The molecule has 0 aliphatic heterocycles. The van der Waals surface area contributed by atoms with Crippen molar-refractivity contribution in [3.63, 3.8) is 0 Å². The first-order valence-electron chi connectivity index (χ1n) is 5.30. The molecule has 2 aromatic carbocycles. The molecule has 0 aliphatic carbocycles. The van der Waals surface area contributed by atoms with Gasteiger partial charge in [-0.25, -0.2) is 0 Å². The summed E-state index contributed by atoms with van der Waals surface area (Å²) in [4.78, 5) is 10.1. The second-order valence-electron chi connectivity index (χ2n) is 3.40. The van der Waals surface area contributed by atoms with Crippen molar-refractivity contribution in [3.8, 4) is 5.75 Å². The molecule has 0 bridgehead atoms. The molecule has 0 saturated heterocycles. The largest absolute Gasteiger partial charge is 1.00 e. The topological polar surface area (TPSA) is 75.4 Å². The van der Waals surface area contributed by atoms with Gasteiger partial charge in [0.1, 0.15) is 5.75 Å². The normalized spacial score (nSPS) is 8.47. The predicted molar refractivity (Wildman–Crippen MR) is 68.2 cm³/mol. The van der Waals surface area contributed by atoms with Crippen molar-refractivity contribution in [3.05, 3.63) is 60.2 Å². The van der Waals surface area contributed by atoms with Crippen molar-refractivity contribution in [2.75, 3.05) is 12.8 Å². The van der Waals surface area contributed by atoms with Crippen molar-refractivity contribution in [1.82, 2.24) is 0 Å². The SMILES string of the molecule is COc1ccccc1N.O=C([O-])c1ccccc1.[K+]. The zero-order chi connectivity index (χ0) is 13.4. The van der Waals surface area contributed by atoms with Crippen LogP contribution in [0.4, 0.5) is 5.69 Å². The Balaban J connectivity index is 0.000000324. The minimum absolute atomic E-state index is 0. The molecule has 0 spiro atoms. The van der Waals surface area contributed by atoms with E-state index in [4.69, 9.17) is 10.5 Å². The van der Waals surface area contributed by atoms with Gasteiger partial charge in [0.25, 0.3) is 0 Å². The Morgan fingerprint density at radius 1 is 1.05 bits per heavy atom. The van der Waals surface area contributed by atoms with Crippen LogP contribution >= 0.6 is 0 Å². The van der Waals surface area contributed by atoms with Gasteiger partial charge in [0.2, 0.25) is 0 Å². The zero-order valence-corrected chi connectivity index (χ0v) is 14.1. The molecule has 2 aromatic rings. The number of methoxy groups -OCH3 is 1. The summed E-state index contributed by atoms with van der Waals surface area (Å²) < 4.78 is 4.92. The molecule has 0 heterocycles. The summed E-state index contributed by atoms with van der Waals surface area (Å²) in [5.41, 5.74) is 6.41. The summed E-state index contributed by atoms with van der Waals surface area (Å²) in [5.74, 6) is -0.395. The standard InChI is InChI=1S/C7H9NO.C7H6O2.K/c1-9-7-5-3-2-4-6(7)8;8-7(9)6-4-2-1-3-5-6;/h2-5H,8H2,1H3;1-5H,(H,8,9);/q;;+1/p-1. The molecule has 0 atom stereocenters. The van der Waals surface area contributed by atoms with Gasteiger partial charge in [-0.2, -0.15) is 0 Å². The van der Waals surface area contributed by atoms with E-state index in [1.165, 1.54) is 12.1 Å². The van der Waals surface area contributed by atoms with Crippen molar-refractivity contribution in [2.45, 2.75) is 0 Å². The maximum atomic E-state index is 10.1. The molecule has 0 radical (unpaired) electrons. The monoisotopic (exact) mass is 283 g/mol. The number of para-hydroxylation sites is 2. The summed E-state index contributed by atoms with van der Waals surface area (Å²) in [6.07, 6.45) is 0. The molecule has 0 aliphatic rings. The van der Waals surface area contributed by atoms with E-state index in [2.05, 4.69) is 0 Å². The molecule has 0 amide bonds. The third kappa shape index (κ3) is 6.75. The molecule has 0 fully saturated rings. The van der Waals surface area contributed by atoms with E-state index < -0.39 is 5.97 Å². The number of nitrogen functional groups attached to an aromatic ring is 1. The zero-order valence-electron chi connectivity index (χ0n) is 11.0. The van der Waals surface area contributed by atoms with Gasteiger partial charge in [-0.15, -0.1) is 0 Å². The minimum Gasteiger partial charge on any atom is -0.545 e. The number of carbonyl (C=O) groups excluding carboxylic acids is 1. The number of aromatic carboxylic acids is 1. The first-order chi connectivity index (χ1) is 8.65. The number of nitrogens with two attached hydrogens (primary N) is 1. The number of carboxylic acids is 1. The molecule has 2 N–H and O–H groups in total. The molecule has 0 aromatic heterocycles. The van der Waals surface area contributed by atoms with Crippen molar-refractivity contribution < 1.29 is 66.0 Å². The maximum Gasteiger partial charge on any atom is 1.00 e. The van der Waals surface area contributed by atoms with E-state index in [0.717, 1.165) is 5.75 Å². The van der Waals surface area contributed by atoms with Crippen LogP contribution in [0.15, 0.2) is 54.6 Å². The van der Waals surface area contributed by atoms with E-state index in [0.29, 0.717) is 5.69 Å². The number of hydrogen-bond acceptors (Lipinski definition) is 4. The van der Waals surface area contributed by atoms with Crippen LogP contribution in [-0.2, 0) is 0 Å². The van der Waals surface area contributed by atoms with Gasteiger partial charge in [0.05, 0.1) is 18.8 Å². The molecule has 2 rings (SSSR count). The number of carboxylic acid groups (broad SMARTS) is 1. The molecular formula is C14H14KNO3. The van der Waals surface area contributed by atoms with Gasteiger partial charge in [-0.3, -0.25) is 0 Å². The smallest absolute Gasteiger partial charge is 0.545 e. The van der Waals surface area contributed by atoms with Crippen LogP contribution in [0.2, 0.25) is 0 Å². The van der Waals surface area contributed by atoms with E-state index in [1.54, 1.807) is 31.4 Å². The van der Waals surface area contributed by atoms with Crippen molar-refractivity contribution >= 4 is 11.7 Å². The van der Waals surface area contributed by atoms with Crippen LogP contribution < -0.4 is 67.0 Å². The van der Waals surface area contributed by atoms with Crippen LogP contribution in [0, 0.1) is 0 Å². The molecule has 5 heteroatoms. The molecule has 0 saturated carbocycles. The third-order valence-electron chi connectivity index (χ3n) is 2.15. The number of carbonyl (C=O) groups is 1. The summed E-state index contributed by atoms with van der Waals surface area (Å²) in [5, 5.41) is 10.1. The van der Waals surface area contributed by atoms with Crippen LogP contribution in [0.3, 0.4) is 0 Å². The summed E-state index contributed by atoms with van der Waals surface area (Å²) in [7, 11) is 1.60. The van der Waals surface area contributed by atoms with E-state index in [1.807, 2.05) is 18.2 Å². The first kappa shape index (κ1) is 18.1. The first-order valence-corrected chi connectivity index (χ1v) is 5.30. The number of benzene rings is 2. The number of rotatable bonds is 2. The Hall–Kier alpha value is -0.854. The van der Waals surface area contributed by atoms with Crippen LogP contribution in [0.5, 0.6) is 5.75 Å². The number of ether oxygens (including phenoxy) is 1.